The third-order valence-electron chi connectivity index (χ3n) is 3.06. The molecule has 2 heterocycles. The number of hydrogen-bond donors (Lipinski definition) is 2. The Kier molecular flexibility index (Phi) is 5.35. The molecular weight excluding hydrogens is 286 g/mol. The van der Waals surface area contributed by atoms with E-state index in [1.807, 2.05) is 30.0 Å². The predicted octanol–water partition coefficient (Wildman–Crippen LogP) is 1.59. The summed E-state index contributed by atoms with van der Waals surface area (Å²) in [5.41, 5.74) is 6.46. The van der Waals surface area contributed by atoms with Gasteiger partial charge in [-0.25, -0.2) is 9.97 Å². The normalized spacial score (nSPS) is 12.1. The molecule has 21 heavy (non-hydrogen) atoms. The fourth-order valence-electron chi connectivity index (χ4n) is 1.83. The number of carbonyl (C=O) groups is 1. The summed E-state index contributed by atoms with van der Waals surface area (Å²) < 4.78 is 1.87. The summed E-state index contributed by atoms with van der Waals surface area (Å²) in [5.74, 6) is 2.30. The van der Waals surface area contributed by atoms with Gasteiger partial charge in [-0.05, 0) is 37.5 Å². The van der Waals surface area contributed by atoms with Gasteiger partial charge in [0, 0.05) is 12.4 Å². The maximum absolute atomic E-state index is 11.9. The summed E-state index contributed by atoms with van der Waals surface area (Å²) in [6, 6.07) is 3.15. The molecule has 0 fully saturated rings. The molecule has 0 bridgehead atoms. The van der Waals surface area contributed by atoms with Crippen LogP contribution in [0.5, 0.6) is 0 Å². The van der Waals surface area contributed by atoms with Gasteiger partial charge in [-0.2, -0.15) is 11.8 Å². The van der Waals surface area contributed by atoms with E-state index in [4.69, 9.17) is 5.73 Å². The Morgan fingerprint density at radius 1 is 1.48 bits per heavy atom. The molecule has 2 rings (SSSR count). The molecule has 3 N–H and O–H groups in total. The molecule has 7 heteroatoms. The quantitative estimate of drug-likeness (QED) is 0.846. The predicted molar refractivity (Wildman–Crippen MR) is 85.7 cm³/mol. The molecular formula is C14H19N5OS. The molecule has 0 aliphatic heterocycles. The molecule has 112 valence electrons. The third-order valence-corrected chi connectivity index (χ3v) is 3.70. The minimum absolute atomic E-state index is 0.183. The highest BCUT2D eigenvalue weighted by molar-refractivity contribution is 7.98. The number of imidazole rings is 1. The first-order chi connectivity index (χ1) is 10.1. The van der Waals surface area contributed by atoms with Crippen LogP contribution in [0.2, 0.25) is 0 Å². The van der Waals surface area contributed by atoms with E-state index >= 15 is 0 Å². The second-order valence-electron chi connectivity index (χ2n) is 4.63. The van der Waals surface area contributed by atoms with Gasteiger partial charge in [-0.1, -0.05) is 0 Å². The van der Waals surface area contributed by atoms with Crippen molar-refractivity contribution in [3.05, 3.63) is 36.5 Å². The third kappa shape index (κ3) is 4.05. The van der Waals surface area contributed by atoms with Crippen molar-refractivity contribution in [1.82, 2.24) is 14.5 Å². The summed E-state index contributed by atoms with van der Waals surface area (Å²) in [7, 11) is 0. The average Bonchev–Trinajstić information content (AvgIpc) is 2.91. The number of nitrogens with two attached hydrogens (primary N) is 1. The highest BCUT2D eigenvalue weighted by Gasteiger charge is 2.13. The van der Waals surface area contributed by atoms with Crippen LogP contribution in [0.25, 0.3) is 5.82 Å². The smallest absolute Gasteiger partial charge is 0.241 e. The SMILES string of the molecule is CSCC[C@H](N)C(=O)Nc1ccc(-n2ccnc2C)nc1. The van der Waals surface area contributed by atoms with Crippen LogP contribution >= 0.6 is 11.8 Å². The Balaban J connectivity index is 2.00. The molecule has 0 spiro atoms. The van der Waals surface area contributed by atoms with E-state index in [-0.39, 0.29) is 5.91 Å². The first-order valence-electron chi connectivity index (χ1n) is 6.63. The summed E-state index contributed by atoms with van der Waals surface area (Å²) in [4.78, 5) is 20.4. The van der Waals surface area contributed by atoms with Crippen molar-refractivity contribution < 1.29 is 4.79 Å². The number of aryl methyl sites for hydroxylation is 1. The Morgan fingerprint density at radius 2 is 2.29 bits per heavy atom. The van der Waals surface area contributed by atoms with Crippen LogP contribution in [0, 0.1) is 6.92 Å². The van der Waals surface area contributed by atoms with Gasteiger partial charge < -0.3 is 11.1 Å². The molecule has 0 aliphatic rings. The fourth-order valence-corrected chi connectivity index (χ4v) is 2.32. The number of hydrogen-bond acceptors (Lipinski definition) is 5. The lowest BCUT2D eigenvalue weighted by atomic mass is 10.2. The first kappa shape index (κ1) is 15.5. The topological polar surface area (TPSA) is 85.8 Å². The highest BCUT2D eigenvalue weighted by Crippen LogP contribution is 2.12. The Labute approximate surface area is 128 Å². The molecule has 0 unspecified atom stereocenters. The second kappa shape index (κ2) is 7.24. The van der Waals surface area contributed by atoms with Crippen molar-refractivity contribution >= 4 is 23.4 Å². The van der Waals surface area contributed by atoms with Gasteiger partial charge in [0.2, 0.25) is 5.91 Å². The number of nitrogens with zero attached hydrogens (tertiary/aromatic N) is 3. The number of nitrogens with one attached hydrogen (secondary N) is 1. The fraction of sp³-hybridized carbons (Fsp3) is 0.357. The first-order valence-corrected chi connectivity index (χ1v) is 8.03. The molecule has 1 atom stereocenters. The zero-order valence-electron chi connectivity index (χ0n) is 12.1. The molecule has 0 aromatic carbocycles. The maximum Gasteiger partial charge on any atom is 0.241 e. The van der Waals surface area contributed by atoms with Crippen LogP contribution in [0.4, 0.5) is 5.69 Å². The van der Waals surface area contributed by atoms with Crippen LogP contribution in [0.1, 0.15) is 12.2 Å². The van der Waals surface area contributed by atoms with Gasteiger partial charge in [-0.15, -0.1) is 0 Å². The van der Waals surface area contributed by atoms with E-state index in [1.54, 1.807) is 30.2 Å². The Hall–Kier alpha value is -1.86. The summed E-state index contributed by atoms with van der Waals surface area (Å²) in [6.45, 7) is 1.90. The van der Waals surface area contributed by atoms with E-state index < -0.39 is 6.04 Å². The van der Waals surface area contributed by atoms with Crippen molar-refractivity contribution in [2.75, 3.05) is 17.3 Å². The molecule has 0 saturated heterocycles. The number of pyridine rings is 1. The maximum atomic E-state index is 11.9. The van der Waals surface area contributed by atoms with E-state index in [0.717, 1.165) is 17.4 Å². The standard InChI is InChI=1S/C14H19N5OS/c1-10-16-6-7-19(10)13-4-3-11(9-17-13)18-14(20)12(15)5-8-21-2/h3-4,6-7,9,12H,5,8,15H2,1-2H3,(H,18,20)/t12-/m0/s1. The van der Waals surface area contributed by atoms with Crippen LogP contribution in [0.3, 0.4) is 0 Å². The Morgan fingerprint density at radius 3 is 2.86 bits per heavy atom. The van der Waals surface area contributed by atoms with E-state index in [1.165, 1.54) is 0 Å². The molecule has 0 saturated carbocycles. The van der Waals surface area contributed by atoms with E-state index in [9.17, 15) is 4.79 Å². The minimum atomic E-state index is -0.493. The zero-order valence-corrected chi connectivity index (χ0v) is 12.9. The lowest BCUT2D eigenvalue weighted by Crippen LogP contribution is -2.36. The number of carbonyl (C=O) groups excluding carboxylic acids is 1. The average molecular weight is 305 g/mol. The molecule has 2 aromatic rings. The number of anilines is 1. The van der Waals surface area contributed by atoms with Crippen molar-refractivity contribution in [2.45, 2.75) is 19.4 Å². The number of thioether (sulfide) groups is 1. The van der Waals surface area contributed by atoms with Gasteiger partial charge >= 0.3 is 0 Å². The lowest BCUT2D eigenvalue weighted by molar-refractivity contribution is -0.117. The molecule has 2 aromatic heterocycles. The van der Waals surface area contributed by atoms with Gasteiger partial charge in [0.1, 0.15) is 11.6 Å². The summed E-state index contributed by atoms with van der Waals surface area (Å²) >= 11 is 1.67. The number of amides is 1. The molecule has 0 aliphatic carbocycles. The molecule has 1 amide bonds. The highest BCUT2D eigenvalue weighted by atomic mass is 32.2. The monoisotopic (exact) mass is 305 g/mol. The zero-order chi connectivity index (χ0) is 15.2. The van der Waals surface area contributed by atoms with Crippen LogP contribution in [-0.4, -0.2) is 38.5 Å². The van der Waals surface area contributed by atoms with Gasteiger partial charge in [0.25, 0.3) is 0 Å². The van der Waals surface area contributed by atoms with Crippen LogP contribution < -0.4 is 11.1 Å². The van der Waals surface area contributed by atoms with Crippen molar-refractivity contribution in [3.8, 4) is 5.82 Å². The van der Waals surface area contributed by atoms with Crippen molar-refractivity contribution in [2.24, 2.45) is 5.73 Å². The van der Waals surface area contributed by atoms with Gasteiger partial charge in [-0.3, -0.25) is 9.36 Å². The molecule has 0 radical (unpaired) electrons. The van der Waals surface area contributed by atoms with Crippen molar-refractivity contribution in [3.63, 3.8) is 0 Å². The van der Waals surface area contributed by atoms with Crippen molar-refractivity contribution in [1.29, 1.82) is 0 Å². The second-order valence-corrected chi connectivity index (χ2v) is 5.61. The molecule has 6 nitrogen and oxygen atoms in total. The lowest BCUT2D eigenvalue weighted by Gasteiger charge is -2.12. The number of rotatable bonds is 6. The largest absolute Gasteiger partial charge is 0.323 e. The van der Waals surface area contributed by atoms with Gasteiger partial charge in [0.15, 0.2) is 0 Å². The summed E-state index contributed by atoms with van der Waals surface area (Å²) in [5, 5.41) is 2.78. The van der Waals surface area contributed by atoms with Crippen LogP contribution in [-0.2, 0) is 4.79 Å². The van der Waals surface area contributed by atoms with Gasteiger partial charge in [0.05, 0.1) is 17.9 Å². The number of aromatic nitrogens is 3. The Bertz CT molecular complexity index is 596. The summed E-state index contributed by atoms with van der Waals surface area (Å²) in [6.07, 6.45) is 7.83. The van der Waals surface area contributed by atoms with Crippen LogP contribution in [0.15, 0.2) is 30.7 Å². The van der Waals surface area contributed by atoms with E-state index in [2.05, 4.69) is 15.3 Å². The van der Waals surface area contributed by atoms with E-state index in [0.29, 0.717) is 12.1 Å². The minimum Gasteiger partial charge on any atom is -0.323 e.